The Labute approximate surface area is 113 Å². The van der Waals surface area contributed by atoms with E-state index in [0.717, 1.165) is 19.3 Å². The monoisotopic (exact) mass is 267 g/mol. The number of nitrogens with zero attached hydrogens (tertiary/aromatic N) is 1. The highest BCUT2D eigenvalue weighted by molar-refractivity contribution is 5.74. The van der Waals surface area contributed by atoms with Crippen LogP contribution in [0, 0.1) is 5.92 Å². The molecule has 0 unspecified atom stereocenters. The average Bonchev–Trinajstić information content (AvgIpc) is 2.77. The number of piperidine rings is 1. The van der Waals surface area contributed by atoms with E-state index in [1.165, 1.54) is 0 Å². The molecule has 0 aromatic rings. The molecule has 0 aliphatic carbocycles. The van der Waals surface area contributed by atoms with Gasteiger partial charge >= 0.3 is 12.1 Å². The van der Waals surface area contributed by atoms with Crippen molar-refractivity contribution in [1.29, 1.82) is 0 Å². The van der Waals surface area contributed by atoms with Gasteiger partial charge in [-0.15, -0.1) is 0 Å². The van der Waals surface area contributed by atoms with Gasteiger partial charge in [0, 0.05) is 24.4 Å². The summed E-state index contributed by atoms with van der Waals surface area (Å²) in [5, 5.41) is 0. The molecule has 0 aromatic heterocycles. The summed E-state index contributed by atoms with van der Waals surface area (Å²) >= 11 is 0. The van der Waals surface area contributed by atoms with Gasteiger partial charge < -0.3 is 14.4 Å². The fourth-order valence-corrected chi connectivity index (χ4v) is 3.67. The Kier molecular flexibility index (Phi) is 2.76. The fraction of sp³-hybridized carbons (Fsp3) is 0.857. The minimum atomic E-state index is -0.477. The van der Waals surface area contributed by atoms with Gasteiger partial charge in [-0.1, -0.05) is 0 Å². The van der Waals surface area contributed by atoms with E-state index in [4.69, 9.17) is 9.47 Å². The fourth-order valence-electron chi connectivity index (χ4n) is 3.67. The van der Waals surface area contributed by atoms with Crippen LogP contribution in [0.25, 0.3) is 0 Å². The lowest BCUT2D eigenvalue weighted by Crippen LogP contribution is -2.53. The predicted molar refractivity (Wildman–Crippen MR) is 67.5 cm³/mol. The lowest BCUT2D eigenvalue weighted by molar-refractivity contribution is -0.142. The van der Waals surface area contributed by atoms with Crippen molar-refractivity contribution in [2.75, 3.05) is 0 Å². The Hall–Kier alpha value is -1.26. The minimum Gasteiger partial charge on any atom is -0.462 e. The van der Waals surface area contributed by atoms with E-state index in [0.29, 0.717) is 6.42 Å². The normalized spacial score (nSPS) is 37.0. The summed E-state index contributed by atoms with van der Waals surface area (Å²) in [6, 6.07) is 0.289. The summed E-state index contributed by atoms with van der Waals surface area (Å²) < 4.78 is 10.9. The summed E-state index contributed by atoms with van der Waals surface area (Å²) in [5.41, 5.74) is -0.477. The molecule has 2 bridgehead atoms. The lowest BCUT2D eigenvalue weighted by Gasteiger charge is -2.40. The van der Waals surface area contributed by atoms with Crippen molar-refractivity contribution in [3.8, 4) is 0 Å². The van der Waals surface area contributed by atoms with Gasteiger partial charge in [0.2, 0.25) is 0 Å². The number of ether oxygens (including phenoxy) is 2. The summed E-state index contributed by atoms with van der Waals surface area (Å²) in [7, 11) is 0. The van der Waals surface area contributed by atoms with Gasteiger partial charge in [0.25, 0.3) is 0 Å². The molecule has 0 spiro atoms. The van der Waals surface area contributed by atoms with E-state index in [-0.39, 0.29) is 36.2 Å². The average molecular weight is 267 g/mol. The third-order valence-corrected chi connectivity index (χ3v) is 4.31. The van der Waals surface area contributed by atoms with Gasteiger partial charge in [0.05, 0.1) is 6.42 Å². The molecule has 4 atom stereocenters. The molecule has 3 saturated heterocycles. The highest BCUT2D eigenvalue weighted by Gasteiger charge is 2.54. The Morgan fingerprint density at radius 2 is 2.11 bits per heavy atom. The second kappa shape index (κ2) is 4.12. The van der Waals surface area contributed by atoms with Crippen LogP contribution in [0.5, 0.6) is 0 Å². The molecule has 5 heteroatoms. The number of hydrogen-bond acceptors (Lipinski definition) is 4. The number of esters is 1. The van der Waals surface area contributed by atoms with Gasteiger partial charge in [-0.05, 0) is 33.6 Å². The number of amides is 1. The predicted octanol–water partition coefficient (Wildman–Crippen LogP) is 2.09. The summed E-state index contributed by atoms with van der Waals surface area (Å²) in [6.07, 6.45) is 2.95. The zero-order chi connectivity index (χ0) is 13.8. The van der Waals surface area contributed by atoms with Gasteiger partial charge in [0.1, 0.15) is 11.7 Å². The Balaban J connectivity index is 1.77. The van der Waals surface area contributed by atoms with Crippen LogP contribution in [0.15, 0.2) is 0 Å². The minimum absolute atomic E-state index is 0.0173. The van der Waals surface area contributed by atoms with Crippen molar-refractivity contribution in [1.82, 2.24) is 4.90 Å². The van der Waals surface area contributed by atoms with E-state index in [1.54, 1.807) is 0 Å². The first-order valence-corrected chi connectivity index (χ1v) is 7.06. The molecule has 3 aliphatic rings. The van der Waals surface area contributed by atoms with Gasteiger partial charge in [-0.25, -0.2) is 4.79 Å². The zero-order valence-corrected chi connectivity index (χ0v) is 11.7. The molecule has 1 amide bonds. The molecular formula is C14H21NO4. The lowest BCUT2D eigenvalue weighted by atomic mass is 9.87. The number of rotatable bonds is 0. The standard InChI is InChI=1S/C14H21NO4/c1-14(2,3)19-13(17)15-8-4-5-10(15)9-7-12(16)18-11(9)6-8/h8-11H,4-7H2,1-3H3/t8-,9-,10+,11+/m0/s1. The summed E-state index contributed by atoms with van der Waals surface area (Å²) in [5.74, 6) is 0.0467. The van der Waals surface area contributed by atoms with E-state index in [1.807, 2.05) is 25.7 Å². The molecular weight excluding hydrogens is 246 g/mol. The highest BCUT2D eigenvalue weighted by atomic mass is 16.6. The zero-order valence-electron chi connectivity index (χ0n) is 11.7. The molecule has 106 valence electrons. The third-order valence-electron chi connectivity index (χ3n) is 4.31. The maximum Gasteiger partial charge on any atom is 0.410 e. The molecule has 0 aromatic carbocycles. The molecule has 3 fully saturated rings. The summed E-state index contributed by atoms with van der Waals surface area (Å²) in [6.45, 7) is 5.63. The van der Waals surface area contributed by atoms with Gasteiger partial charge in [-0.2, -0.15) is 0 Å². The molecule has 0 N–H and O–H groups in total. The largest absolute Gasteiger partial charge is 0.462 e. The Morgan fingerprint density at radius 1 is 1.37 bits per heavy atom. The molecule has 19 heavy (non-hydrogen) atoms. The van der Waals surface area contributed by atoms with Crippen molar-refractivity contribution in [3.63, 3.8) is 0 Å². The van der Waals surface area contributed by atoms with E-state index >= 15 is 0 Å². The number of carbonyl (C=O) groups is 2. The van der Waals surface area contributed by atoms with Crippen LogP contribution in [-0.2, 0) is 14.3 Å². The second-order valence-corrected chi connectivity index (χ2v) is 6.82. The molecule has 5 nitrogen and oxygen atoms in total. The second-order valence-electron chi connectivity index (χ2n) is 6.82. The maximum absolute atomic E-state index is 12.3. The van der Waals surface area contributed by atoms with Crippen LogP contribution >= 0.6 is 0 Å². The SMILES string of the molecule is CC(C)(C)OC(=O)N1[C@H]2CC[C@@H]1[C@@H]1CC(=O)O[C@@H]1C2. The number of carbonyl (C=O) groups excluding carboxylic acids is 2. The van der Waals surface area contributed by atoms with Gasteiger partial charge in [0.15, 0.2) is 0 Å². The van der Waals surface area contributed by atoms with Crippen LogP contribution in [-0.4, -0.2) is 40.8 Å². The van der Waals surface area contributed by atoms with Crippen molar-refractivity contribution in [2.24, 2.45) is 5.92 Å². The van der Waals surface area contributed by atoms with Crippen LogP contribution in [0.4, 0.5) is 4.79 Å². The van der Waals surface area contributed by atoms with Crippen molar-refractivity contribution < 1.29 is 19.1 Å². The first-order valence-electron chi connectivity index (χ1n) is 7.06. The van der Waals surface area contributed by atoms with E-state index in [2.05, 4.69) is 0 Å². The van der Waals surface area contributed by atoms with E-state index in [9.17, 15) is 9.59 Å². The van der Waals surface area contributed by atoms with Crippen LogP contribution in [0.2, 0.25) is 0 Å². The highest BCUT2D eigenvalue weighted by Crippen LogP contribution is 2.45. The van der Waals surface area contributed by atoms with Crippen LogP contribution in [0.3, 0.4) is 0 Å². The summed E-state index contributed by atoms with van der Waals surface area (Å²) in [4.78, 5) is 25.6. The Bertz CT molecular complexity index is 414. The van der Waals surface area contributed by atoms with E-state index < -0.39 is 5.60 Å². The molecule has 3 aliphatic heterocycles. The first kappa shape index (κ1) is 12.8. The first-order chi connectivity index (χ1) is 8.85. The quantitative estimate of drug-likeness (QED) is 0.631. The van der Waals surface area contributed by atoms with Crippen molar-refractivity contribution >= 4 is 12.1 Å². The topological polar surface area (TPSA) is 55.8 Å². The Morgan fingerprint density at radius 3 is 2.79 bits per heavy atom. The number of fused-ring (bicyclic) bond motifs is 4. The smallest absolute Gasteiger partial charge is 0.410 e. The van der Waals surface area contributed by atoms with Crippen LogP contribution in [0.1, 0.15) is 46.5 Å². The number of hydrogen-bond donors (Lipinski definition) is 0. The van der Waals surface area contributed by atoms with Gasteiger partial charge in [-0.3, -0.25) is 4.79 Å². The molecule has 3 rings (SSSR count). The molecule has 0 saturated carbocycles. The maximum atomic E-state index is 12.3. The third kappa shape index (κ3) is 2.19. The molecule has 0 radical (unpaired) electrons. The van der Waals surface area contributed by atoms with Crippen molar-refractivity contribution in [3.05, 3.63) is 0 Å². The van der Waals surface area contributed by atoms with Crippen LogP contribution < -0.4 is 0 Å². The van der Waals surface area contributed by atoms with Crippen molar-refractivity contribution in [2.45, 2.75) is 70.2 Å². The molecule has 3 heterocycles.